The Morgan fingerprint density at radius 2 is 1.55 bits per heavy atom. The van der Waals surface area contributed by atoms with E-state index >= 15 is 4.39 Å². The third-order valence-electron chi connectivity index (χ3n) is 4.25. The average molecular weight is 461 g/mol. The van der Waals surface area contributed by atoms with Gasteiger partial charge in [0.1, 0.15) is 11.2 Å². The van der Waals surface area contributed by atoms with E-state index in [0.29, 0.717) is 16.0 Å². The van der Waals surface area contributed by atoms with Crippen LogP contribution in [-0.2, 0) is 15.9 Å². The second kappa shape index (κ2) is 9.51. The quantitative estimate of drug-likeness (QED) is 0.684. The van der Waals surface area contributed by atoms with Crippen LogP contribution in [0.2, 0.25) is 0 Å². The third-order valence-corrected chi connectivity index (χ3v) is 4.25. The highest BCUT2D eigenvalue weighted by molar-refractivity contribution is 6.08. The highest BCUT2D eigenvalue weighted by Crippen LogP contribution is 2.26. The van der Waals surface area contributed by atoms with Crippen molar-refractivity contribution in [2.45, 2.75) is 66.1 Å². The zero-order chi connectivity index (χ0) is 25.1. The van der Waals surface area contributed by atoms with Crippen molar-refractivity contribution in [2.75, 3.05) is 4.90 Å². The van der Waals surface area contributed by atoms with Crippen LogP contribution < -0.4 is 4.90 Å². The standard InChI is InChI=1S/C23H28FN3O6/c1-13-15(11-25-12-16(13)19(28)29)10-14-8-9-26-18(17(14)24)27(20(30)32-22(2,3)4)21(31)33-23(5,6)7/h8-9,11-12H,10H2,1-7H3,(H,28,29). The van der Waals surface area contributed by atoms with E-state index in [4.69, 9.17) is 9.47 Å². The van der Waals surface area contributed by atoms with E-state index in [1.807, 2.05) is 0 Å². The molecule has 0 aliphatic carbocycles. The first kappa shape index (κ1) is 25.7. The molecule has 0 atom stereocenters. The monoisotopic (exact) mass is 461 g/mol. The number of ether oxygens (including phenoxy) is 2. The van der Waals surface area contributed by atoms with Crippen LogP contribution in [0, 0.1) is 12.7 Å². The van der Waals surface area contributed by atoms with Gasteiger partial charge in [-0.15, -0.1) is 0 Å². The predicted octanol–water partition coefficient (Wildman–Crippen LogP) is 4.89. The van der Waals surface area contributed by atoms with Gasteiger partial charge < -0.3 is 14.6 Å². The van der Waals surface area contributed by atoms with E-state index in [9.17, 15) is 19.5 Å². The Balaban J connectivity index is 2.53. The maximum absolute atomic E-state index is 15.5. The number of rotatable bonds is 4. The lowest BCUT2D eigenvalue weighted by molar-refractivity contribution is 0.0426. The summed E-state index contributed by atoms with van der Waals surface area (Å²) in [6.45, 7) is 11.2. The zero-order valence-corrected chi connectivity index (χ0v) is 19.7. The van der Waals surface area contributed by atoms with Gasteiger partial charge in [0.15, 0.2) is 11.6 Å². The van der Waals surface area contributed by atoms with E-state index in [2.05, 4.69) is 9.97 Å². The number of halogens is 1. The average Bonchev–Trinajstić information content (AvgIpc) is 2.63. The van der Waals surface area contributed by atoms with Gasteiger partial charge in [0.05, 0.1) is 5.56 Å². The Bertz CT molecular complexity index is 1040. The topological polar surface area (TPSA) is 119 Å². The molecule has 2 rings (SSSR count). The molecule has 0 aromatic carbocycles. The van der Waals surface area contributed by atoms with Crippen LogP contribution in [-0.4, -0.2) is 44.4 Å². The lowest BCUT2D eigenvalue weighted by Crippen LogP contribution is -2.44. The summed E-state index contributed by atoms with van der Waals surface area (Å²) in [7, 11) is 0. The third kappa shape index (κ3) is 6.71. The fourth-order valence-electron chi connectivity index (χ4n) is 2.79. The highest BCUT2D eigenvalue weighted by atomic mass is 19.1. The molecule has 0 radical (unpaired) electrons. The van der Waals surface area contributed by atoms with Gasteiger partial charge in [-0.3, -0.25) is 4.98 Å². The molecular weight excluding hydrogens is 433 g/mol. The molecule has 0 aliphatic heterocycles. The van der Waals surface area contributed by atoms with Crippen LogP contribution in [0.4, 0.5) is 19.8 Å². The molecule has 1 N–H and O–H groups in total. The minimum atomic E-state index is -1.15. The van der Waals surface area contributed by atoms with E-state index in [0.717, 1.165) is 0 Å². The number of nitrogens with zero attached hydrogens (tertiary/aromatic N) is 3. The number of aromatic nitrogens is 2. The first-order chi connectivity index (χ1) is 15.1. The summed E-state index contributed by atoms with van der Waals surface area (Å²) in [5.74, 6) is -2.69. The molecule has 0 bridgehead atoms. The minimum absolute atomic E-state index is 0.00803. The van der Waals surface area contributed by atoms with Crippen molar-refractivity contribution in [3.05, 3.63) is 52.7 Å². The van der Waals surface area contributed by atoms with Gasteiger partial charge in [-0.25, -0.2) is 23.8 Å². The number of amides is 2. The number of pyridine rings is 2. The fraction of sp³-hybridized carbons (Fsp3) is 0.435. The Labute approximate surface area is 191 Å². The second-order valence-corrected chi connectivity index (χ2v) is 9.36. The molecule has 0 aliphatic rings. The van der Waals surface area contributed by atoms with E-state index < -0.39 is 41.0 Å². The van der Waals surface area contributed by atoms with Crippen LogP contribution in [0.1, 0.15) is 68.6 Å². The molecule has 2 heterocycles. The molecule has 2 aromatic heterocycles. The molecule has 9 nitrogen and oxygen atoms in total. The number of carbonyl (C=O) groups is 3. The second-order valence-electron chi connectivity index (χ2n) is 9.36. The molecule has 2 aromatic rings. The van der Waals surface area contributed by atoms with Crippen molar-refractivity contribution < 1.29 is 33.4 Å². The van der Waals surface area contributed by atoms with Crippen LogP contribution in [0.3, 0.4) is 0 Å². The van der Waals surface area contributed by atoms with E-state index in [1.54, 1.807) is 48.5 Å². The molecule has 0 fully saturated rings. The zero-order valence-electron chi connectivity index (χ0n) is 19.7. The van der Waals surface area contributed by atoms with Crippen LogP contribution in [0.15, 0.2) is 24.7 Å². The number of imide groups is 1. The van der Waals surface area contributed by atoms with Crippen molar-refractivity contribution in [3.63, 3.8) is 0 Å². The van der Waals surface area contributed by atoms with Gasteiger partial charge in [-0.05, 0) is 71.2 Å². The number of hydrogen-bond acceptors (Lipinski definition) is 7. The minimum Gasteiger partial charge on any atom is -0.478 e. The van der Waals surface area contributed by atoms with Crippen molar-refractivity contribution in [2.24, 2.45) is 0 Å². The van der Waals surface area contributed by atoms with E-state index in [-0.39, 0.29) is 17.5 Å². The number of hydrogen-bond donors (Lipinski definition) is 1. The van der Waals surface area contributed by atoms with Gasteiger partial charge in [-0.1, -0.05) is 0 Å². The van der Waals surface area contributed by atoms with Gasteiger partial charge in [0, 0.05) is 25.0 Å². The fourth-order valence-corrected chi connectivity index (χ4v) is 2.79. The summed E-state index contributed by atoms with van der Waals surface area (Å²) < 4.78 is 26.1. The van der Waals surface area contributed by atoms with Crippen molar-refractivity contribution in [1.29, 1.82) is 0 Å². The van der Waals surface area contributed by atoms with Crippen molar-refractivity contribution >= 4 is 24.0 Å². The Morgan fingerprint density at radius 3 is 2.03 bits per heavy atom. The number of anilines is 1. The largest absolute Gasteiger partial charge is 0.478 e. The van der Waals surface area contributed by atoms with Crippen LogP contribution in [0.25, 0.3) is 0 Å². The first-order valence-corrected chi connectivity index (χ1v) is 10.2. The van der Waals surface area contributed by atoms with Gasteiger partial charge in [0.2, 0.25) is 0 Å². The summed E-state index contributed by atoms with van der Waals surface area (Å²) in [6, 6.07) is 1.37. The summed E-state index contributed by atoms with van der Waals surface area (Å²) in [4.78, 5) is 45.2. The molecule has 0 spiro atoms. The number of carbonyl (C=O) groups excluding carboxylic acids is 2. The maximum Gasteiger partial charge on any atom is 0.425 e. The van der Waals surface area contributed by atoms with Gasteiger partial charge >= 0.3 is 18.2 Å². The van der Waals surface area contributed by atoms with Gasteiger partial charge in [0.25, 0.3) is 0 Å². The molecular formula is C23H28FN3O6. The normalized spacial score (nSPS) is 11.6. The first-order valence-electron chi connectivity index (χ1n) is 10.2. The van der Waals surface area contributed by atoms with Crippen LogP contribution >= 0.6 is 0 Å². The highest BCUT2D eigenvalue weighted by Gasteiger charge is 2.36. The maximum atomic E-state index is 15.5. The SMILES string of the molecule is Cc1c(Cc2ccnc(N(C(=O)OC(C)(C)C)C(=O)OC(C)(C)C)c2F)cncc1C(=O)O. The summed E-state index contributed by atoms with van der Waals surface area (Å²) in [5, 5.41) is 9.30. The smallest absolute Gasteiger partial charge is 0.425 e. The Hall–Kier alpha value is -3.56. The molecule has 10 heteroatoms. The molecule has 178 valence electrons. The number of carboxylic acids is 1. The Morgan fingerprint density at radius 1 is 1.00 bits per heavy atom. The molecule has 0 saturated carbocycles. The molecule has 0 unspecified atom stereocenters. The lowest BCUT2D eigenvalue weighted by atomic mass is 9.99. The van der Waals surface area contributed by atoms with Gasteiger partial charge in [-0.2, -0.15) is 4.90 Å². The number of carboxylic acid groups (broad SMARTS) is 1. The molecule has 2 amide bonds. The molecule has 33 heavy (non-hydrogen) atoms. The summed E-state index contributed by atoms with van der Waals surface area (Å²) in [5.41, 5.74) is -0.980. The predicted molar refractivity (Wildman–Crippen MR) is 118 cm³/mol. The lowest BCUT2D eigenvalue weighted by Gasteiger charge is -2.28. The van der Waals surface area contributed by atoms with E-state index in [1.165, 1.54) is 24.7 Å². The van der Waals surface area contributed by atoms with Crippen molar-refractivity contribution in [3.8, 4) is 0 Å². The van der Waals surface area contributed by atoms with Crippen molar-refractivity contribution in [1.82, 2.24) is 9.97 Å². The summed E-state index contributed by atoms with van der Waals surface area (Å²) >= 11 is 0. The number of aromatic carboxylic acids is 1. The van der Waals surface area contributed by atoms with Crippen LogP contribution in [0.5, 0.6) is 0 Å². The summed E-state index contributed by atoms with van der Waals surface area (Å²) in [6.07, 6.45) is 1.54. The molecule has 0 saturated heterocycles. The Kier molecular flexibility index (Phi) is 7.41.